The lowest BCUT2D eigenvalue weighted by molar-refractivity contribution is -0.116. The van der Waals surface area contributed by atoms with E-state index in [0.29, 0.717) is 18.5 Å². The van der Waals surface area contributed by atoms with Crippen molar-refractivity contribution in [3.63, 3.8) is 0 Å². The molecule has 0 aliphatic carbocycles. The first-order valence-corrected chi connectivity index (χ1v) is 7.52. The lowest BCUT2D eigenvalue weighted by atomic mass is 10.0. The largest absolute Gasteiger partial charge is 0.478 e. The quantitative estimate of drug-likeness (QED) is 0.886. The van der Waals surface area contributed by atoms with E-state index in [1.54, 1.807) is 24.3 Å². The SMILES string of the molecule is Cc1cc(C)c(NC(=O)CCc2cccs2)c(C(=O)O)c1. The maximum absolute atomic E-state index is 12.0. The Bertz CT molecular complexity index is 662. The van der Waals surface area contributed by atoms with Crippen LogP contribution in [0.5, 0.6) is 0 Å². The van der Waals surface area contributed by atoms with Crippen LogP contribution in [0, 0.1) is 13.8 Å². The first-order valence-electron chi connectivity index (χ1n) is 6.64. The van der Waals surface area contributed by atoms with Gasteiger partial charge in [-0.3, -0.25) is 4.79 Å². The van der Waals surface area contributed by atoms with Gasteiger partial charge in [-0.25, -0.2) is 4.79 Å². The van der Waals surface area contributed by atoms with Crippen LogP contribution in [-0.2, 0) is 11.2 Å². The Hall–Kier alpha value is -2.14. The van der Waals surface area contributed by atoms with Crippen molar-refractivity contribution in [1.29, 1.82) is 0 Å². The third-order valence-corrected chi connectivity index (χ3v) is 4.09. The highest BCUT2D eigenvalue weighted by Gasteiger charge is 2.15. The highest BCUT2D eigenvalue weighted by atomic mass is 32.1. The zero-order chi connectivity index (χ0) is 15.4. The highest BCUT2D eigenvalue weighted by Crippen LogP contribution is 2.23. The Morgan fingerprint density at radius 3 is 2.67 bits per heavy atom. The van der Waals surface area contributed by atoms with Crippen LogP contribution in [0.25, 0.3) is 0 Å². The third kappa shape index (κ3) is 3.92. The molecule has 0 saturated heterocycles. The molecular weight excluding hydrogens is 286 g/mol. The fraction of sp³-hybridized carbons (Fsp3) is 0.250. The van der Waals surface area contributed by atoms with E-state index in [1.165, 1.54) is 0 Å². The molecule has 0 radical (unpaired) electrons. The number of rotatable bonds is 5. The first-order chi connectivity index (χ1) is 9.97. The van der Waals surface area contributed by atoms with Crippen LogP contribution >= 0.6 is 11.3 Å². The summed E-state index contributed by atoms with van der Waals surface area (Å²) in [5.41, 5.74) is 2.15. The van der Waals surface area contributed by atoms with Crippen molar-refractivity contribution in [2.24, 2.45) is 0 Å². The van der Waals surface area contributed by atoms with Crippen LogP contribution in [0.15, 0.2) is 29.6 Å². The summed E-state index contributed by atoms with van der Waals surface area (Å²) in [4.78, 5) is 24.5. The van der Waals surface area contributed by atoms with Gasteiger partial charge in [0.15, 0.2) is 0 Å². The van der Waals surface area contributed by atoms with Crippen molar-refractivity contribution < 1.29 is 14.7 Å². The molecule has 0 aliphatic rings. The van der Waals surface area contributed by atoms with E-state index in [1.807, 2.05) is 30.5 Å². The van der Waals surface area contributed by atoms with Crippen LogP contribution < -0.4 is 5.32 Å². The number of carboxylic acids is 1. The molecule has 1 amide bonds. The van der Waals surface area contributed by atoms with Crippen LogP contribution in [-0.4, -0.2) is 17.0 Å². The average Bonchev–Trinajstić information content (AvgIpc) is 2.92. The number of carbonyl (C=O) groups excluding carboxylic acids is 1. The second kappa shape index (κ2) is 6.54. The fourth-order valence-corrected chi connectivity index (χ4v) is 2.90. The van der Waals surface area contributed by atoms with Gasteiger partial charge in [0.05, 0.1) is 11.3 Å². The molecule has 0 unspecified atom stereocenters. The average molecular weight is 303 g/mol. The minimum Gasteiger partial charge on any atom is -0.478 e. The Kier molecular flexibility index (Phi) is 4.75. The van der Waals surface area contributed by atoms with Gasteiger partial charge in [0, 0.05) is 11.3 Å². The number of thiophene rings is 1. The van der Waals surface area contributed by atoms with Gasteiger partial charge in [0.25, 0.3) is 0 Å². The van der Waals surface area contributed by atoms with Gasteiger partial charge in [-0.2, -0.15) is 0 Å². The highest BCUT2D eigenvalue weighted by molar-refractivity contribution is 7.09. The van der Waals surface area contributed by atoms with E-state index in [2.05, 4.69) is 5.32 Å². The van der Waals surface area contributed by atoms with Gasteiger partial charge < -0.3 is 10.4 Å². The molecule has 1 heterocycles. The van der Waals surface area contributed by atoms with Crippen molar-refractivity contribution >= 4 is 28.9 Å². The molecule has 1 aromatic heterocycles. The summed E-state index contributed by atoms with van der Waals surface area (Å²) in [6.45, 7) is 3.64. The minimum absolute atomic E-state index is 0.136. The Morgan fingerprint density at radius 1 is 1.29 bits per heavy atom. The number of aromatic carboxylic acids is 1. The summed E-state index contributed by atoms with van der Waals surface area (Å²) >= 11 is 1.61. The zero-order valence-electron chi connectivity index (χ0n) is 12.0. The van der Waals surface area contributed by atoms with E-state index in [0.717, 1.165) is 16.0 Å². The van der Waals surface area contributed by atoms with E-state index >= 15 is 0 Å². The molecule has 0 fully saturated rings. The van der Waals surface area contributed by atoms with Gasteiger partial charge in [-0.05, 0) is 48.9 Å². The fourth-order valence-electron chi connectivity index (χ4n) is 2.20. The Morgan fingerprint density at radius 2 is 2.05 bits per heavy atom. The number of anilines is 1. The molecule has 0 aliphatic heterocycles. The van der Waals surface area contributed by atoms with Gasteiger partial charge in [-0.15, -0.1) is 11.3 Å². The van der Waals surface area contributed by atoms with Gasteiger partial charge in [0.1, 0.15) is 0 Å². The predicted octanol–water partition coefficient (Wildman–Crippen LogP) is 3.63. The van der Waals surface area contributed by atoms with Crippen LogP contribution in [0.2, 0.25) is 0 Å². The molecule has 0 saturated carbocycles. The summed E-state index contributed by atoms with van der Waals surface area (Å²) in [6, 6.07) is 7.37. The van der Waals surface area contributed by atoms with Gasteiger partial charge >= 0.3 is 5.97 Å². The molecule has 21 heavy (non-hydrogen) atoms. The van der Waals surface area contributed by atoms with Crippen molar-refractivity contribution in [2.45, 2.75) is 26.7 Å². The monoisotopic (exact) mass is 303 g/mol. The van der Waals surface area contributed by atoms with Gasteiger partial charge in [0.2, 0.25) is 5.91 Å². The second-order valence-corrected chi connectivity index (χ2v) is 5.97. The summed E-state index contributed by atoms with van der Waals surface area (Å²) in [5, 5.41) is 14.0. The Balaban J connectivity index is 2.11. The molecule has 4 nitrogen and oxygen atoms in total. The lowest BCUT2D eigenvalue weighted by Gasteiger charge is -2.12. The summed E-state index contributed by atoms with van der Waals surface area (Å²) in [6.07, 6.45) is 1.00. The molecule has 2 N–H and O–H groups in total. The second-order valence-electron chi connectivity index (χ2n) is 4.94. The van der Waals surface area contributed by atoms with Crippen LogP contribution in [0.3, 0.4) is 0 Å². The normalized spacial score (nSPS) is 10.4. The lowest BCUT2D eigenvalue weighted by Crippen LogP contribution is -2.16. The predicted molar refractivity (Wildman–Crippen MR) is 84.1 cm³/mol. The number of benzene rings is 1. The van der Waals surface area contributed by atoms with E-state index in [9.17, 15) is 14.7 Å². The molecule has 2 rings (SSSR count). The molecule has 2 aromatic rings. The molecule has 0 atom stereocenters. The maximum Gasteiger partial charge on any atom is 0.337 e. The molecule has 0 spiro atoms. The number of hydrogen-bond acceptors (Lipinski definition) is 3. The summed E-state index contributed by atoms with van der Waals surface area (Å²) in [7, 11) is 0. The number of nitrogens with one attached hydrogen (secondary N) is 1. The first kappa shape index (κ1) is 15.3. The number of carbonyl (C=O) groups is 2. The van der Waals surface area contributed by atoms with Crippen LogP contribution in [0.4, 0.5) is 5.69 Å². The van der Waals surface area contributed by atoms with E-state index < -0.39 is 5.97 Å². The maximum atomic E-state index is 12.0. The topological polar surface area (TPSA) is 66.4 Å². The van der Waals surface area contributed by atoms with Crippen LogP contribution in [0.1, 0.15) is 32.8 Å². The smallest absolute Gasteiger partial charge is 0.337 e. The molecular formula is C16H17NO3S. The summed E-state index contributed by atoms with van der Waals surface area (Å²) in [5.74, 6) is -1.20. The number of amides is 1. The standard InChI is InChI=1S/C16H17NO3S/c1-10-8-11(2)15(13(9-10)16(19)20)17-14(18)6-5-12-4-3-7-21-12/h3-4,7-9H,5-6H2,1-2H3,(H,17,18)(H,19,20). The van der Waals surface area contributed by atoms with Crippen molar-refractivity contribution in [3.05, 3.63) is 51.2 Å². The number of aryl methyl sites for hydroxylation is 3. The minimum atomic E-state index is -1.03. The van der Waals surface area contributed by atoms with Gasteiger partial charge in [-0.1, -0.05) is 12.1 Å². The Labute approximate surface area is 127 Å². The number of hydrogen-bond donors (Lipinski definition) is 2. The van der Waals surface area contributed by atoms with Crippen molar-refractivity contribution in [3.8, 4) is 0 Å². The summed E-state index contributed by atoms with van der Waals surface area (Å²) < 4.78 is 0. The molecule has 0 bridgehead atoms. The van der Waals surface area contributed by atoms with Crippen molar-refractivity contribution in [2.75, 3.05) is 5.32 Å². The number of carboxylic acid groups (broad SMARTS) is 1. The molecule has 1 aromatic carbocycles. The van der Waals surface area contributed by atoms with E-state index in [-0.39, 0.29) is 11.5 Å². The zero-order valence-corrected chi connectivity index (χ0v) is 12.8. The van der Waals surface area contributed by atoms with E-state index in [4.69, 9.17) is 0 Å². The molecule has 110 valence electrons. The van der Waals surface area contributed by atoms with Crippen molar-refractivity contribution in [1.82, 2.24) is 0 Å². The molecule has 5 heteroatoms. The third-order valence-electron chi connectivity index (χ3n) is 3.15.